The molecule has 1 spiro atoms. The van der Waals surface area contributed by atoms with Crippen LogP contribution >= 0.6 is 0 Å². The second-order valence-electron chi connectivity index (χ2n) is 12.8. The van der Waals surface area contributed by atoms with Crippen molar-refractivity contribution in [2.24, 2.45) is 5.41 Å². The van der Waals surface area contributed by atoms with E-state index in [1.165, 1.54) is 17.2 Å². The molecule has 0 N–H and O–H groups in total. The first-order chi connectivity index (χ1) is 20.2. The number of hydrogen-bond acceptors (Lipinski definition) is 6. The predicted octanol–water partition coefficient (Wildman–Crippen LogP) is 7.31. The Kier molecular flexibility index (Phi) is 6.72. The molecule has 6 nitrogen and oxygen atoms in total. The number of esters is 1. The van der Waals surface area contributed by atoms with E-state index in [0.29, 0.717) is 18.0 Å². The van der Waals surface area contributed by atoms with Crippen LogP contribution < -0.4 is 0 Å². The Hall–Kier alpha value is -3.20. The summed E-state index contributed by atoms with van der Waals surface area (Å²) in [4.78, 5) is 19.6. The lowest BCUT2D eigenvalue weighted by molar-refractivity contribution is -0.150. The second-order valence-corrected chi connectivity index (χ2v) is 12.8. The number of fused-ring (bicyclic) bond motifs is 2. The SMILES string of the molecule is CCOC(=O)C1(CN2CCC3(CCc4c(-c5noc(-c6ccc(C7CCCC7)c(C(F)(F)F)c6)n5)cccc43)C2)CC1. The Morgan fingerprint density at radius 3 is 2.67 bits per heavy atom. The summed E-state index contributed by atoms with van der Waals surface area (Å²) in [7, 11) is 0. The first kappa shape index (κ1) is 27.6. The van der Waals surface area contributed by atoms with E-state index >= 15 is 0 Å². The molecule has 42 heavy (non-hydrogen) atoms. The number of carbonyl (C=O) groups excluding carboxylic acids is 1. The van der Waals surface area contributed by atoms with Crippen LogP contribution in [0.15, 0.2) is 40.9 Å². The summed E-state index contributed by atoms with van der Waals surface area (Å²) in [6.45, 7) is 4.85. The van der Waals surface area contributed by atoms with Gasteiger partial charge in [0.2, 0.25) is 5.82 Å². The molecule has 1 atom stereocenters. The topological polar surface area (TPSA) is 68.5 Å². The standard InChI is InChI=1S/C33H36F3N3O3/c1-2-41-30(40)32(14-15-32)20-39-17-16-31(19-39)13-12-24-25(8-5-9-26(24)31)28-37-29(42-38-28)22-10-11-23(21-6-3-4-7-21)27(18-22)33(34,35)36/h5,8-11,18,21H,2-4,6-7,12-17,19-20H2,1H3. The Balaban J connectivity index is 1.14. The zero-order valence-electron chi connectivity index (χ0n) is 23.9. The molecule has 1 aromatic heterocycles. The third-order valence-corrected chi connectivity index (χ3v) is 10.2. The molecule has 1 unspecified atom stereocenters. The summed E-state index contributed by atoms with van der Waals surface area (Å²) in [5.74, 6) is 0.379. The van der Waals surface area contributed by atoms with Crippen LogP contribution in [0.3, 0.4) is 0 Å². The van der Waals surface area contributed by atoms with Crippen LogP contribution in [0.4, 0.5) is 13.2 Å². The summed E-state index contributed by atoms with van der Waals surface area (Å²) in [6, 6.07) is 10.6. The minimum absolute atomic E-state index is 0.0142. The quantitative estimate of drug-likeness (QED) is 0.274. The van der Waals surface area contributed by atoms with Crippen LogP contribution in [0.2, 0.25) is 0 Å². The smallest absolute Gasteiger partial charge is 0.416 e. The molecule has 1 aliphatic heterocycles. The Morgan fingerprint density at radius 1 is 1.12 bits per heavy atom. The number of hydrogen-bond donors (Lipinski definition) is 0. The molecule has 2 aromatic carbocycles. The highest BCUT2D eigenvalue weighted by molar-refractivity contribution is 5.80. The molecule has 0 bridgehead atoms. The van der Waals surface area contributed by atoms with Crippen LogP contribution in [0.1, 0.15) is 86.5 Å². The minimum Gasteiger partial charge on any atom is -0.466 e. The molecule has 2 saturated carbocycles. The predicted molar refractivity (Wildman–Crippen MR) is 151 cm³/mol. The largest absolute Gasteiger partial charge is 0.466 e. The molecular weight excluding hydrogens is 543 g/mol. The highest BCUT2D eigenvalue weighted by Gasteiger charge is 2.54. The first-order valence-electron chi connectivity index (χ1n) is 15.3. The Morgan fingerprint density at radius 2 is 1.93 bits per heavy atom. The lowest BCUT2D eigenvalue weighted by Gasteiger charge is -2.27. The summed E-state index contributed by atoms with van der Waals surface area (Å²) in [5, 5.41) is 4.23. The average Bonchev–Trinajstić information content (AvgIpc) is 3.47. The highest BCUT2D eigenvalue weighted by Crippen LogP contribution is 2.52. The van der Waals surface area contributed by atoms with E-state index in [1.807, 2.05) is 19.1 Å². The molecular formula is C33H36F3N3O3. The van der Waals surface area contributed by atoms with Gasteiger partial charge < -0.3 is 14.2 Å². The maximum atomic E-state index is 14.1. The fourth-order valence-electron chi connectivity index (χ4n) is 7.85. The summed E-state index contributed by atoms with van der Waals surface area (Å²) in [5.41, 5.74) is 3.08. The van der Waals surface area contributed by atoms with Crippen molar-refractivity contribution in [1.29, 1.82) is 0 Å². The average molecular weight is 580 g/mol. The van der Waals surface area contributed by atoms with Crippen molar-refractivity contribution in [3.05, 3.63) is 58.7 Å². The maximum absolute atomic E-state index is 14.1. The van der Waals surface area contributed by atoms with Crippen molar-refractivity contribution in [3.63, 3.8) is 0 Å². The highest BCUT2D eigenvalue weighted by atomic mass is 19.4. The molecule has 1 saturated heterocycles. The summed E-state index contributed by atoms with van der Waals surface area (Å²) in [6.07, 6.45) is 3.75. The van der Waals surface area contributed by atoms with E-state index in [-0.39, 0.29) is 34.2 Å². The van der Waals surface area contributed by atoms with Crippen LogP contribution in [-0.2, 0) is 27.5 Å². The molecule has 3 fully saturated rings. The zero-order chi connectivity index (χ0) is 29.1. The van der Waals surface area contributed by atoms with Crippen LogP contribution in [0.25, 0.3) is 22.8 Å². The first-order valence-corrected chi connectivity index (χ1v) is 15.3. The van der Waals surface area contributed by atoms with Crippen LogP contribution in [0.5, 0.6) is 0 Å². The number of halogens is 3. The van der Waals surface area contributed by atoms with Crippen molar-refractivity contribution in [2.45, 2.75) is 82.2 Å². The number of rotatable bonds is 7. The van der Waals surface area contributed by atoms with Crippen molar-refractivity contribution >= 4 is 5.97 Å². The molecule has 0 amide bonds. The third kappa shape index (κ3) is 4.74. The molecule has 7 rings (SSSR count). The normalized spacial score (nSPS) is 23.5. The third-order valence-electron chi connectivity index (χ3n) is 10.2. The number of nitrogens with zero attached hydrogens (tertiary/aromatic N) is 3. The summed E-state index contributed by atoms with van der Waals surface area (Å²) < 4.78 is 53.1. The summed E-state index contributed by atoms with van der Waals surface area (Å²) >= 11 is 0. The van der Waals surface area contributed by atoms with Gasteiger partial charge in [-0.05, 0) is 93.2 Å². The fraction of sp³-hybridized carbons (Fsp3) is 0.545. The van der Waals surface area contributed by atoms with Crippen molar-refractivity contribution < 1.29 is 27.2 Å². The number of benzene rings is 2. The molecule has 3 aliphatic carbocycles. The van der Waals surface area contributed by atoms with Gasteiger partial charge in [-0.15, -0.1) is 0 Å². The second kappa shape index (κ2) is 10.2. The van der Waals surface area contributed by atoms with Gasteiger partial charge in [-0.1, -0.05) is 42.3 Å². The number of ether oxygens (including phenoxy) is 1. The molecule has 0 radical (unpaired) electrons. The van der Waals surface area contributed by atoms with Gasteiger partial charge in [-0.3, -0.25) is 4.79 Å². The minimum atomic E-state index is -4.45. The molecule has 4 aliphatic rings. The molecule has 3 aromatic rings. The van der Waals surface area contributed by atoms with E-state index in [1.54, 1.807) is 12.1 Å². The van der Waals surface area contributed by atoms with Crippen LogP contribution in [0, 0.1) is 5.41 Å². The molecule has 9 heteroatoms. The monoisotopic (exact) mass is 579 g/mol. The van der Waals surface area contributed by atoms with Gasteiger partial charge in [0.15, 0.2) is 0 Å². The lowest BCUT2D eigenvalue weighted by atomic mass is 9.81. The number of likely N-dealkylation sites (tertiary alicyclic amines) is 1. The van der Waals surface area contributed by atoms with Gasteiger partial charge in [0, 0.05) is 29.6 Å². The number of alkyl halides is 3. The maximum Gasteiger partial charge on any atom is 0.416 e. The van der Waals surface area contributed by atoms with Gasteiger partial charge in [0.25, 0.3) is 5.89 Å². The lowest BCUT2D eigenvalue weighted by Crippen LogP contribution is -2.36. The van der Waals surface area contributed by atoms with Crippen LogP contribution in [-0.4, -0.2) is 47.3 Å². The van der Waals surface area contributed by atoms with E-state index in [0.717, 1.165) is 83.0 Å². The van der Waals surface area contributed by atoms with Gasteiger partial charge in [-0.2, -0.15) is 18.2 Å². The van der Waals surface area contributed by atoms with E-state index in [9.17, 15) is 18.0 Å². The van der Waals surface area contributed by atoms with E-state index in [2.05, 4.69) is 21.1 Å². The van der Waals surface area contributed by atoms with Crippen molar-refractivity contribution in [2.75, 3.05) is 26.2 Å². The molecule has 2 heterocycles. The van der Waals surface area contributed by atoms with Crippen molar-refractivity contribution in [1.82, 2.24) is 15.0 Å². The Labute approximate surface area is 243 Å². The Bertz CT molecular complexity index is 1510. The van der Waals surface area contributed by atoms with Crippen molar-refractivity contribution in [3.8, 4) is 22.8 Å². The number of aromatic nitrogens is 2. The van der Waals surface area contributed by atoms with Gasteiger partial charge in [-0.25, -0.2) is 0 Å². The van der Waals surface area contributed by atoms with E-state index < -0.39 is 11.7 Å². The van der Waals surface area contributed by atoms with Gasteiger partial charge >= 0.3 is 12.1 Å². The zero-order valence-corrected chi connectivity index (χ0v) is 23.9. The fourth-order valence-corrected chi connectivity index (χ4v) is 7.85. The number of carbonyl (C=O) groups is 1. The van der Waals surface area contributed by atoms with E-state index in [4.69, 9.17) is 9.26 Å². The van der Waals surface area contributed by atoms with Gasteiger partial charge in [0.05, 0.1) is 17.6 Å². The molecule has 222 valence electrons. The van der Waals surface area contributed by atoms with Gasteiger partial charge in [0.1, 0.15) is 0 Å².